The Labute approximate surface area is 199 Å². The minimum atomic E-state index is -0.732. The molecular formula is C26H20F2N4O3. The summed E-state index contributed by atoms with van der Waals surface area (Å²) in [4.78, 5) is 25.5. The van der Waals surface area contributed by atoms with E-state index in [1.807, 2.05) is 0 Å². The van der Waals surface area contributed by atoms with E-state index in [0.29, 0.717) is 17.0 Å². The molecule has 4 rings (SSSR count). The van der Waals surface area contributed by atoms with E-state index < -0.39 is 23.1 Å². The third kappa shape index (κ3) is 5.59. The van der Waals surface area contributed by atoms with E-state index in [2.05, 4.69) is 10.6 Å². The van der Waals surface area contributed by atoms with Crippen LogP contribution in [0.15, 0.2) is 101 Å². The molecule has 3 N–H and O–H groups in total. The van der Waals surface area contributed by atoms with Gasteiger partial charge in [0.1, 0.15) is 11.4 Å². The summed E-state index contributed by atoms with van der Waals surface area (Å²) < 4.78 is 35.0. The number of carbonyl (C=O) groups excluding carboxylic acids is 1. The van der Waals surface area contributed by atoms with E-state index >= 15 is 0 Å². The summed E-state index contributed by atoms with van der Waals surface area (Å²) in [5.41, 5.74) is 0.476. The van der Waals surface area contributed by atoms with E-state index in [4.69, 9.17) is 10.1 Å². The third-order valence-electron chi connectivity index (χ3n) is 5.01. The van der Waals surface area contributed by atoms with Gasteiger partial charge < -0.3 is 25.3 Å². The number of halogens is 2. The maximum Gasteiger partial charge on any atom is 0.263 e. The van der Waals surface area contributed by atoms with Gasteiger partial charge in [-0.1, -0.05) is 12.1 Å². The fraction of sp³-hybridized carbons (Fsp3) is 0.0385. The number of rotatable bonds is 7. The van der Waals surface area contributed by atoms with Crippen LogP contribution in [-0.4, -0.2) is 16.7 Å². The lowest BCUT2D eigenvalue weighted by Gasteiger charge is -2.16. The van der Waals surface area contributed by atoms with Gasteiger partial charge in [0, 0.05) is 30.4 Å². The van der Waals surface area contributed by atoms with Gasteiger partial charge in [0.2, 0.25) is 0 Å². The van der Waals surface area contributed by atoms with Gasteiger partial charge in [-0.15, -0.1) is 0 Å². The molecule has 1 amide bonds. The molecule has 0 radical (unpaired) electrons. The fourth-order valence-electron chi connectivity index (χ4n) is 3.38. The monoisotopic (exact) mass is 474 g/mol. The number of dihydropyridines is 1. The molecule has 0 saturated heterocycles. The second-order valence-corrected chi connectivity index (χ2v) is 7.47. The van der Waals surface area contributed by atoms with Crippen molar-refractivity contribution < 1.29 is 18.3 Å². The molecule has 9 heteroatoms. The van der Waals surface area contributed by atoms with Crippen LogP contribution in [0.5, 0.6) is 5.75 Å². The van der Waals surface area contributed by atoms with Gasteiger partial charge in [0.05, 0.1) is 12.2 Å². The van der Waals surface area contributed by atoms with Crippen molar-refractivity contribution in [2.24, 2.45) is 0 Å². The van der Waals surface area contributed by atoms with Crippen LogP contribution >= 0.6 is 0 Å². The maximum atomic E-state index is 14.7. The molecule has 1 aliphatic heterocycles. The summed E-state index contributed by atoms with van der Waals surface area (Å²) in [6.07, 6.45) is 8.97. The Balaban J connectivity index is 1.49. The Kier molecular flexibility index (Phi) is 6.96. The molecule has 1 aliphatic rings. The summed E-state index contributed by atoms with van der Waals surface area (Å²) >= 11 is 0. The number of nitrogens with zero attached hydrogens (tertiary/aromatic N) is 1. The van der Waals surface area contributed by atoms with E-state index in [-0.39, 0.29) is 23.5 Å². The Morgan fingerprint density at radius 2 is 2.00 bits per heavy atom. The van der Waals surface area contributed by atoms with E-state index in [0.717, 1.165) is 12.3 Å². The molecule has 7 nitrogen and oxygen atoms in total. The number of carbonyl (C=O) groups is 1. The molecule has 0 bridgehead atoms. The Hall–Kier alpha value is -4.79. The van der Waals surface area contributed by atoms with Crippen LogP contribution in [0, 0.1) is 17.0 Å². The molecule has 3 aromatic rings. The van der Waals surface area contributed by atoms with Crippen molar-refractivity contribution in [3.8, 4) is 5.75 Å². The number of ether oxygens (including phenoxy) is 1. The SMILES string of the molecule is N=C/C=C1\NC=CC=C1Oc1ccc(NC(=O)c2cccn(Cc3cccc(F)c3)c2=O)cc1F. The summed E-state index contributed by atoms with van der Waals surface area (Å²) in [6.45, 7) is 0.0900. The molecule has 0 saturated carbocycles. The number of pyridine rings is 1. The first kappa shape index (κ1) is 23.4. The largest absolute Gasteiger partial charge is 0.452 e. The smallest absolute Gasteiger partial charge is 0.263 e. The van der Waals surface area contributed by atoms with Crippen LogP contribution in [0.4, 0.5) is 14.5 Å². The van der Waals surface area contributed by atoms with Crippen molar-refractivity contribution in [3.63, 3.8) is 0 Å². The lowest BCUT2D eigenvalue weighted by molar-refractivity contribution is 0.102. The molecule has 2 heterocycles. The van der Waals surface area contributed by atoms with Gasteiger partial charge in [0.15, 0.2) is 17.3 Å². The van der Waals surface area contributed by atoms with Gasteiger partial charge in [-0.05, 0) is 60.2 Å². The van der Waals surface area contributed by atoms with Gasteiger partial charge in [-0.2, -0.15) is 0 Å². The fourth-order valence-corrected chi connectivity index (χ4v) is 3.38. The second kappa shape index (κ2) is 10.4. The normalized spacial score (nSPS) is 13.7. The summed E-state index contributed by atoms with van der Waals surface area (Å²) in [6, 6.07) is 12.6. The second-order valence-electron chi connectivity index (χ2n) is 7.47. The Bertz CT molecular complexity index is 1440. The van der Waals surface area contributed by atoms with Gasteiger partial charge in [-0.25, -0.2) is 8.78 Å². The van der Waals surface area contributed by atoms with Crippen LogP contribution in [0.3, 0.4) is 0 Å². The highest BCUT2D eigenvalue weighted by Gasteiger charge is 2.16. The van der Waals surface area contributed by atoms with E-state index in [1.165, 1.54) is 59.3 Å². The molecule has 0 spiro atoms. The van der Waals surface area contributed by atoms with E-state index in [1.54, 1.807) is 24.4 Å². The summed E-state index contributed by atoms with van der Waals surface area (Å²) in [7, 11) is 0. The lowest BCUT2D eigenvalue weighted by Crippen LogP contribution is -2.29. The van der Waals surface area contributed by atoms with Crippen molar-refractivity contribution >= 4 is 17.8 Å². The quantitative estimate of drug-likeness (QED) is 0.444. The predicted molar refractivity (Wildman–Crippen MR) is 128 cm³/mol. The molecule has 35 heavy (non-hydrogen) atoms. The van der Waals surface area contributed by atoms with Crippen LogP contribution < -0.4 is 20.9 Å². The maximum absolute atomic E-state index is 14.7. The molecule has 1 aromatic heterocycles. The Morgan fingerprint density at radius 3 is 2.77 bits per heavy atom. The van der Waals surface area contributed by atoms with Crippen molar-refractivity contribution in [1.29, 1.82) is 5.41 Å². The van der Waals surface area contributed by atoms with E-state index in [9.17, 15) is 18.4 Å². The zero-order valence-electron chi connectivity index (χ0n) is 18.3. The molecule has 0 aliphatic carbocycles. The number of amides is 1. The highest BCUT2D eigenvalue weighted by Crippen LogP contribution is 2.25. The number of benzene rings is 2. The minimum Gasteiger partial charge on any atom is -0.452 e. The number of hydrogen-bond donors (Lipinski definition) is 3. The van der Waals surface area contributed by atoms with Crippen LogP contribution in [0.1, 0.15) is 15.9 Å². The predicted octanol–water partition coefficient (Wildman–Crippen LogP) is 4.34. The van der Waals surface area contributed by atoms with Crippen LogP contribution in [0.25, 0.3) is 0 Å². The molecule has 2 aromatic carbocycles. The number of nitrogens with one attached hydrogen (secondary N) is 3. The zero-order chi connectivity index (χ0) is 24.8. The number of hydrogen-bond acceptors (Lipinski definition) is 5. The average Bonchev–Trinajstić information content (AvgIpc) is 2.83. The molecule has 176 valence electrons. The first-order chi connectivity index (χ1) is 16.9. The van der Waals surface area contributed by atoms with Crippen molar-refractivity contribution in [2.75, 3.05) is 5.32 Å². The number of allylic oxidation sites excluding steroid dienone is 3. The highest BCUT2D eigenvalue weighted by molar-refractivity contribution is 6.04. The van der Waals surface area contributed by atoms with Crippen molar-refractivity contribution in [1.82, 2.24) is 9.88 Å². The topological polar surface area (TPSA) is 96.2 Å². The van der Waals surface area contributed by atoms with Gasteiger partial charge in [-0.3, -0.25) is 9.59 Å². The van der Waals surface area contributed by atoms with Crippen molar-refractivity contribution in [2.45, 2.75) is 6.54 Å². The molecule has 0 fully saturated rings. The first-order valence-corrected chi connectivity index (χ1v) is 10.5. The van der Waals surface area contributed by atoms with Gasteiger partial charge >= 0.3 is 0 Å². The van der Waals surface area contributed by atoms with Crippen molar-refractivity contribution in [3.05, 3.63) is 130 Å². The molecule has 0 atom stereocenters. The highest BCUT2D eigenvalue weighted by atomic mass is 19.1. The van der Waals surface area contributed by atoms with Crippen LogP contribution in [-0.2, 0) is 6.54 Å². The molecular weight excluding hydrogens is 454 g/mol. The average molecular weight is 474 g/mol. The summed E-state index contributed by atoms with van der Waals surface area (Å²) in [5.74, 6) is -1.64. The van der Waals surface area contributed by atoms with Gasteiger partial charge in [0.25, 0.3) is 11.5 Å². The van der Waals surface area contributed by atoms with Crippen LogP contribution in [0.2, 0.25) is 0 Å². The zero-order valence-corrected chi connectivity index (χ0v) is 18.3. The molecule has 0 unspecified atom stereocenters. The summed E-state index contributed by atoms with van der Waals surface area (Å²) in [5, 5.41) is 12.6. The third-order valence-corrected chi connectivity index (χ3v) is 5.01. The Morgan fingerprint density at radius 1 is 1.14 bits per heavy atom. The number of aromatic nitrogens is 1. The number of anilines is 1. The standard InChI is InChI=1S/C26H20F2N4O3/c27-18-5-1-4-17(14-18)16-32-13-3-6-20(26(32)34)25(33)31-19-8-9-23(21(28)15-19)35-24-7-2-12-30-22(24)10-11-29/h1-15,29-30H,16H2,(H,31,33)/b22-10-,29-11?. The lowest BCUT2D eigenvalue weighted by atomic mass is 10.2. The first-order valence-electron chi connectivity index (χ1n) is 10.5. The minimum absolute atomic E-state index is 0.0839.